The minimum Gasteiger partial charge on any atom is -0.480 e. The van der Waals surface area contributed by atoms with Crippen molar-refractivity contribution >= 4 is 52.8 Å². The van der Waals surface area contributed by atoms with E-state index >= 15 is 0 Å². The van der Waals surface area contributed by atoms with Gasteiger partial charge in [0.15, 0.2) is 5.82 Å². The molecule has 2 unspecified atom stereocenters. The first-order valence-corrected chi connectivity index (χ1v) is 14.7. The Morgan fingerprint density at radius 1 is 0.978 bits per heavy atom. The highest BCUT2D eigenvalue weighted by Crippen LogP contribution is 2.27. The Kier molecular flexibility index (Phi) is 9.95. The number of nitrogens with zero attached hydrogens (tertiary/aromatic N) is 3. The lowest BCUT2D eigenvalue weighted by molar-refractivity contribution is -0.142. The first-order valence-electron chi connectivity index (χ1n) is 13.9. The molecule has 14 heteroatoms. The van der Waals surface area contributed by atoms with Crippen LogP contribution in [0.25, 0.3) is 0 Å². The highest BCUT2D eigenvalue weighted by atomic mass is 35.5. The van der Waals surface area contributed by atoms with Crippen molar-refractivity contribution in [3.63, 3.8) is 0 Å². The summed E-state index contributed by atoms with van der Waals surface area (Å²) in [5.41, 5.74) is 2.19. The zero-order chi connectivity index (χ0) is 31.9. The molecule has 4 N–H and O–H groups in total. The van der Waals surface area contributed by atoms with Crippen LogP contribution in [0.3, 0.4) is 0 Å². The fourth-order valence-corrected chi connectivity index (χ4v) is 5.37. The highest BCUT2D eigenvalue weighted by molar-refractivity contribution is 6.37. The van der Waals surface area contributed by atoms with Crippen LogP contribution >= 0.6 is 23.2 Å². The Morgan fingerprint density at radius 2 is 1.73 bits per heavy atom. The summed E-state index contributed by atoms with van der Waals surface area (Å²) in [7, 11) is 0. The van der Waals surface area contributed by atoms with Crippen molar-refractivity contribution in [3.05, 3.63) is 111 Å². The number of aryl methyl sites for hydroxylation is 1. The number of benzene rings is 3. The molecule has 0 fully saturated rings. The lowest BCUT2D eigenvalue weighted by atomic mass is 10.0. The second-order valence-electron chi connectivity index (χ2n) is 10.3. The molecule has 4 aromatic rings. The van der Waals surface area contributed by atoms with E-state index in [1.54, 1.807) is 34.9 Å². The average Bonchev–Trinajstić information content (AvgIpc) is 3.63. The van der Waals surface area contributed by atoms with E-state index in [4.69, 9.17) is 27.9 Å². The van der Waals surface area contributed by atoms with E-state index in [0.29, 0.717) is 40.8 Å². The van der Waals surface area contributed by atoms with Gasteiger partial charge in [-0.3, -0.25) is 9.59 Å². The molecular formula is C31H28Cl2N6O6. The molecule has 12 nitrogen and oxygen atoms in total. The second-order valence-corrected chi connectivity index (χ2v) is 11.1. The van der Waals surface area contributed by atoms with Crippen molar-refractivity contribution in [1.82, 2.24) is 25.4 Å². The fraction of sp³-hybridized carbons (Fsp3) is 0.226. The Balaban J connectivity index is 1.16. The number of fused-ring (bicyclic) bond motifs is 1. The molecule has 3 amide bonds. The van der Waals surface area contributed by atoms with Gasteiger partial charge < -0.3 is 30.4 Å². The van der Waals surface area contributed by atoms with E-state index in [9.17, 15) is 24.3 Å². The number of halogens is 2. The lowest BCUT2D eigenvalue weighted by Gasteiger charge is -2.20. The number of carbonyl (C=O) groups is 4. The number of carboxylic acid groups (broad SMARTS) is 1. The Hall–Kier alpha value is -4.94. The number of alkyl carbamates (subject to hydrolysis) is 1. The molecule has 0 bridgehead atoms. The van der Waals surface area contributed by atoms with Gasteiger partial charge in [-0.2, -0.15) is 0 Å². The monoisotopic (exact) mass is 650 g/mol. The number of hydrogen-bond donors (Lipinski definition) is 4. The molecule has 45 heavy (non-hydrogen) atoms. The quantitative estimate of drug-likeness (QED) is 0.183. The maximum atomic E-state index is 13.3. The number of nitrogens with one attached hydrogen (secondary N) is 3. The smallest absolute Gasteiger partial charge is 0.407 e. The average molecular weight is 652 g/mol. The van der Waals surface area contributed by atoms with Crippen LogP contribution < -0.4 is 16.0 Å². The van der Waals surface area contributed by atoms with E-state index in [1.165, 1.54) is 12.1 Å². The van der Waals surface area contributed by atoms with Crippen molar-refractivity contribution in [3.8, 4) is 0 Å². The Bertz CT molecular complexity index is 1710. The molecule has 0 radical (unpaired) electrons. The van der Waals surface area contributed by atoms with Gasteiger partial charge in [-0.25, -0.2) is 9.59 Å². The summed E-state index contributed by atoms with van der Waals surface area (Å²) in [5.74, 6) is -1.22. The Morgan fingerprint density at radius 3 is 2.44 bits per heavy atom. The molecule has 232 valence electrons. The molecular weight excluding hydrogens is 623 g/mol. The van der Waals surface area contributed by atoms with E-state index in [0.717, 1.165) is 5.56 Å². The second kappa shape index (κ2) is 14.2. The molecule has 1 aliphatic heterocycles. The first kappa shape index (κ1) is 31.5. The van der Waals surface area contributed by atoms with Gasteiger partial charge in [0.25, 0.3) is 5.91 Å². The SMILES string of the molecule is O=C(NCc1nnc2n1C(C(=O)NC(Cc1ccc(NC(=O)c3ccc(Cl)cc3Cl)cc1)C(=O)O)CC2)OCc1ccccc1. The number of ether oxygens (including phenoxy) is 1. The molecule has 0 saturated heterocycles. The number of amides is 3. The van der Waals surface area contributed by atoms with Crippen LogP contribution in [0.4, 0.5) is 10.5 Å². The number of rotatable bonds is 11. The molecule has 5 rings (SSSR count). The molecule has 3 aromatic carbocycles. The van der Waals surface area contributed by atoms with Crippen molar-refractivity contribution in [1.29, 1.82) is 0 Å². The minimum atomic E-state index is -1.22. The third-order valence-electron chi connectivity index (χ3n) is 7.14. The van der Waals surface area contributed by atoms with Crippen molar-refractivity contribution < 1.29 is 29.0 Å². The predicted molar refractivity (Wildman–Crippen MR) is 165 cm³/mol. The van der Waals surface area contributed by atoms with Gasteiger partial charge >= 0.3 is 12.1 Å². The fourth-order valence-electron chi connectivity index (χ4n) is 4.88. The van der Waals surface area contributed by atoms with Crippen LogP contribution in [0.5, 0.6) is 0 Å². The number of carboxylic acids is 1. The summed E-state index contributed by atoms with van der Waals surface area (Å²) < 4.78 is 6.85. The highest BCUT2D eigenvalue weighted by Gasteiger charge is 2.34. The summed E-state index contributed by atoms with van der Waals surface area (Å²) in [6.45, 7) is 0.0712. The van der Waals surface area contributed by atoms with Gasteiger partial charge in [0.2, 0.25) is 5.91 Å². The van der Waals surface area contributed by atoms with Crippen LogP contribution in [-0.4, -0.2) is 49.8 Å². The molecule has 1 aliphatic rings. The number of aromatic nitrogens is 3. The summed E-state index contributed by atoms with van der Waals surface area (Å²) in [4.78, 5) is 50.2. The number of aliphatic carboxylic acids is 1. The first-order chi connectivity index (χ1) is 21.7. The van der Waals surface area contributed by atoms with Gasteiger partial charge in [-0.15, -0.1) is 10.2 Å². The normalized spacial score (nSPS) is 14.2. The van der Waals surface area contributed by atoms with Crippen LogP contribution in [0, 0.1) is 0 Å². The zero-order valence-electron chi connectivity index (χ0n) is 23.7. The predicted octanol–water partition coefficient (Wildman–Crippen LogP) is 4.56. The van der Waals surface area contributed by atoms with E-state index in [-0.39, 0.29) is 30.2 Å². The standard InChI is InChI=1S/C31H28Cl2N6O6/c32-20-8-11-22(23(33)15-20)28(40)35-21-9-6-18(7-10-21)14-24(30(42)43)36-29(41)25-12-13-26-37-38-27(39(25)26)16-34-31(44)45-17-19-4-2-1-3-5-19/h1-11,15,24-25H,12-14,16-17H2,(H,34,44)(H,35,40)(H,36,41)(H,42,43). The van der Waals surface area contributed by atoms with Crippen LogP contribution in [0.2, 0.25) is 10.0 Å². The third kappa shape index (κ3) is 7.97. The van der Waals surface area contributed by atoms with Gasteiger partial charge in [0.05, 0.1) is 17.1 Å². The summed E-state index contributed by atoms with van der Waals surface area (Å²) in [6, 6.07) is 18.4. The largest absolute Gasteiger partial charge is 0.480 e. The third-order valence-corrected chi connectivity index (χ3v) is 7.69. The van der Waals surface area contributed by atoms with Crippen molar-refractivity contribution in [2.24, 2.45) is 0 Å². The van der Waals surface area contributed by atoms with Crippen LogP contribution in [0.1, 0.15) is 45.6 Å². The lowest BCUT2D eigenvalue weighted by Crippen LogP contribution is -2.45. The van der Waals surface area contributed by atoms with Gasteiger partial charge in [0, 0.05) is 23.6 Å². The topological polar surface area (TPSA) is 165 Å². The summed E-state index contributed by atoms with van der Waals surface area (Å²) >= 11 is 12.0. The molecule has 2 heterocycles. The van der Waals surface area contributed by atoms with Gasteiger partial charge in [0.1, 0.15) is 24.5 Å². The molecule has 0 saturated carbocycles. The molecule has 1 aromatic heterocycles. The summed E-state index contributed by atoms with van der Waals surface area (Å²) in [5, 5.41) is 26.7. The van der Waals surface area contributed by atoms with E-state index in [2.05, 4.69) is 26.1 Å². The molecule has 2 atom stereocenters. The number of anilines is 1. The summed E-state index contributed by atoms with van der Waals surface area (Å²) in [6.07, 6.45) is 0.221. The van der Waals surface area contributed by atoms with Crippen molar-refractivity contribution in [2.45, 2.75) is 44.5 Å². The van der Waals surface area contributed by atoms with Crippen molar-refractivity contribution in [2.75, 3.05) is 5.32 Å². The number of carbonyl (C=O) groups excluding carboxylic acids is 3. The van der Waals surface area contributed by atoms with Gasteiger partial charge in [-0.1, -0.05) is 65.7 Å². The minimum absolute atomic E-state index is 0.00172. The Labute approximate surface area is 267 Å². The van der Waals surface area contributed by atoms with E-state index in [1.807, 2.05) is 30.3 Å². The van der Waals surface area contributed by atoms with Crippen LogP contribution in [-0.2, 0) is 40.3 Å². The maximum absolute atomic E-state index is 13.3. The zero-order valence-corrected chi connectivity index (χ0v) is 25.2. The molecule has 0 spiro atoms. The van der Waals surface area contributed by atoms with Gasteiger partial charge in [-0.05, 0) is 47.9 Å². The van der Waals surface area contributed by atoms with Crippen LogP contribution in [0.15, 0.2) is 72.8 Å². The molecule has 0 aliphatic carbocycles. The number of hydrogen-bond acceptors (Lipinski definition) is 7. The maximum Gasteiger partial charge on any atom is 0.407 e. The van der Waals surface area contributed by atoms with E-state index < -0.39 is 36.0 Å².